The number of fused-ring (bicyclic) bond motifs is 1. The molecule has 3 rings (SSSR count). The molecule has 1 aromatic carbocycles. The zero-order valence-electron chi connectivity index (χ0n) is 12.5. The molecule has 0 fully saturated rings. The quantitative estimate of drug-likeness (QED) is 0.936. The van der Waals surface area contributed by atoms with E-state index in [0.29, 0.717) is 11.6 Å². The Kier molecular flexibility index (Phi) is 3.78. The molecule has 4 heteroatoms. The first-order valence-electron chi connectivity index (χ1n) is 7.55. The molecule has 1 amide bonds. The average Bonchev–Trinajstić information content (AvgIpc) is 2.91. The summed E-state index contributed by atoms with van der Waals surface area (Å²) in [5, 5.41) is 6.87. The number of aromatic nitrogens is 1. The van der Waals surface area contributed by atoms with Gasteiger partial charge in [-0.3, -0.25) is 4.79 Å². The van der Waals surface area contributed by atoms with Crippen molar-refractivity contribution >= 4 is 11.6 Å². The third kappa shape index (κ3) is 2.84. The lowest BCUT2D eigenvalue weighted by atomic mass is 9.88. The van der Waals surface area contributed by atoms with Crippen LogP contribution in [0.5, 0.6) is 0 Å². The van der Waals surface area contributed by atoms with Crippen LogP contribution >= 0.6 is 0 Å². The van der Waals surface area contributed by atoms with Crippen molar-refractivity contribution in [3.05, 3.63) is 46.8 Å². The van der Waals surface area contributed by atoms with Crippen LogP contribution in [-0.2, 0) is 19.3 Å². The number of rotatable bonds is 3. The van der Waals surface area contributed by atoms with Crippen LogP contribution in [0.25, 0.3) is 0 Å². The molecular weight excluding hydrogens is 264 g/mol. The Bertz CT molecular complexity index is 643. The van der Waals surface area contributed by atoms with Crippen LogP contribution in [0.3, 0.4) is 0 Å². The third-order valence-corrected chi connectivity index (χ3v) is 4.12. The summed E-state index contributed by atoms with van der Waals surface area (Å²) in [6.45, 7) is 4.30. The summed E-state index contributed by atoms with van der Waals surface area (Å²) < 4.78 is 5.32. The van der Waals surface area contributed by atoms with Crippen molar-refractivity contribution in [3.8, 4) is 0 Å². The number of nitrogens with one attached hydrogen (secondary N) is 1. The number of amides is 1. The van der Waals surface area contributed by atoms with Gasteiger partial charge < -0.3 is 9.84 Å². The highest BCUT2D eigenvalue weighted by atomic mass is 16.5. The predicted octanol–water partition coefficient (Wildman–Crippen LogP) is 3.61. The molecule has 0 radical (unpaired) electrons. The fourth-order valence-corrected chi connectivity index (χ4v) is 2.77. The summed E-state index contributed by atoms with van der Waals surface area (Å²) in [6, 6.07) is 7.89. The van der Waals surface area contributed by atoms with Crippen molar-refractivity contribution in [3.63, 3.8) is 0 Å². The van der Waals surface area contributed by atoms with E-state index in [0.717, 1.165) is 42.7 Å². The second-order valence-corrected chi connectivity index (χ2v) is 5.79. The normalized spacial score (nSPS) is 17.3. The Hall–Kier alpha value is -2.10. The Balaban J connectivity index is 1.77. The van der Waals surface area contributed by atoms with Crippen LogP contribution in [-0.4, -0.2) is 11.1 Å². The summed E-state index contributed by atoms with van der Waals surface area (Å²) in [5.41, 5.74) is 3.46. The highest BCUT2D eigenvalue weighted by molar-refractivity contribution is 6.03. The molecule has 1 aliphatic rings. The van der Waals surface area contributed by atoms with E-state index in [1.165, 1.54) is 5.56 Å². The van der Waals surface area contributed by atoms with E-state index < -0.39 is 0 Å². The minimum absolute atomic E-state index is 0.182. The number of hydrogen-bond acceptors (Lipinski definition) is 3. The van der Waals surface area contributed by atoms with Gasteiger partial charge in [-0.2, -0.15) is 0 Å². The molecular formula is C17H20N2O2. The van der Waals surface area contributed by atoms with E-state index in [1.54, 1.807) is 0 Å². The van der Waals surface area contributed by atoms with E-state index in [1.807, 2.05) is 24.3 Å². The van der Waals surface area contributed by atoms with Crippen molar-refractivity contribution in [2.45, 2.75) is 39.5 Å². The van der Waals surface area contributed by atoms with Gasteiger partial charge in [0.05, 0.1) is 0 Å². The van der Waals surface area contributed by atoms with Gasteiger partial charge in [0.2, 0.25) is 0 Å². The van der Waals surface area contributed by atoms with Gasteiger partial charge in [0.25, 0.3) is 5.91 Å². The molecule has 1 N–H and O–H groups in total. The lowest BCUT2D eigenvalue weighted by Crippen LogP contribution is -2.17. The molecule has 0 spiro atoms. The van der Waals surface area contributed by atoms with Gasteiger partial charge >= 0.3 is 0 Å². The summed E-state index contributed by atoms with van der Waals surface area (Å²) in [6.07, 6.45) is 3.84. The number of aryl methyl sites for hydroxylation is 2. The van der Waals surface area contributed by atoms with Gasteiger partial charge in [-0.25, -0.2) is 0 Å². The molecule has 0 aliphatic heterocycles. The number of carbonyl (C=O) groups is 1. The number of carbonyl (C=O) groups excluding carboxylic acids is 1. The molecule has 110 valence electrons. The molecule has 2 aromatic rings. The Morgan fingerprint density at radius 3 is 2.86 bits per heavy atom. The molecule has 1 aliphatic carbocycles. The Morgan fingerprint density at radius 1 is 1.38 bits per heavy atom. The molecule has 1 atom stereocenters. The summed E-state index contributed by atoms with van der Waals surface area (Å²) in [5.74, 6) is 1.27. The van der Waals surface area contributed by atoms with Crippen LogP contribution in [0.1, 0.15) is 47.6 Å². The molecule has 4 nitrogen and oxygen atoms in total. The molecule has 0 saturated carbocycles. The van der Waals surface area contributed by atoms with Gasteiger partial charge in [0.1, 0.15) is 5.76 Å². The van der Waals surface area contributed by atoms with Crippen molar-refractivity contribution in [1.29, 1.82) is 0 Å². The van der Waals surface area contributed by atoms with E-state index in [4.69, 9.17) is 4.52 Å². The fraction of sp³-hybridized carbons (Fsp3) is 0.412. The molecule has 1 heterocycles. The zero-order chi connectivity index (χ0) is 14.8. The Labute approximate surface area is 124 Å². The SMILES string of the molecule is CCc1ccc(NC(=O)c2noc3c2C[C@H](C)CC3)cc1. The lowest BCUT2D eigenvalue weighted by Gasteiger charge is -2.16. The molecule has 21 heavy (non-hydrogen) atoms. The fourth-order valence-electron chi connectivity index (χ4n) is 2.77. The molecule has 0 bridgehead atoms. The molecule has 1 aromatic heterocycles. The minimum Gasteiger partial charge on any atom is -0.360 e. The number of hydrogen-bond donors (Lipinski definition) is 1. The molecule has 0 unspecified atom stereocenters. The summed E-state index contributed by atoms with van der Waals surface area (Å²) in [7, 11) is 0. The van der Waals surface area contributed by atoms with Crippen LogP contribution in [0.4, 0.5) is 5.69 Å². The number of nitrogens with zero attached hydrogens (tertiary/aromatic N) is 1. The highest BCUT2D eigenvalue weighted by Gasteiger charge is 2.26. The van der Waals surface area contributed by atoms with Gasteiger partial charge in [0, 0.05) is 17.7 Å². The second kappa shape index (κ2) is 5.72. The van der Waals surface area contributed by atoms with Crippen molar-refractivity contribution in [1.82, 2.24) is 5.16 Å². The summed E-state index contributed by atoms with van der Waals surface area (Å²) >= 11 is 0. The van der Waals surface area contributed by atoms with Crippen molar-refractivity contribution in [2.24, 2.45) is 5.92 Å². The lowest BCUT2D eigenvalue weighted by molar-refractivity contribution is 0.101. The Morgan fingerprint density at radius 2 is 2.14 bits per heavy atom. The van der Waals surface area contributed by atoms with Gasteiger partial charge in [0.15, 0.2) is 5.69 Å². The zero-order valence-corrected chi connectivity index (χ0v) is 12.5. The van der Waals surface area contributed by atoms with E-state index in [-0.39, 0.29) is 5.91 Å². The first kappa shape index (κ1) is 13.9. The van der Waals surface area contributed by atoms with Gasteiger partial charge in [-0.1, -0.05) is 31.1 Å². The van der Waals surface area contributed by atoms with Crippen LogP contribution < -0.4 is 5.32 Å². The van der Waals surface area contributed by atoms with Crippen LogP contribution in [0.2, 0.25) is 0 Å². The predicted molar refractivity (Wildman–Crippen MR) is 81.5 cm³/mol. The molecule has 0 saturated heterocycles. The number of anilines is 1. The maximum Gasteiger partial charge on any atom is 0.278 e. The van der Waals surface area contributed by atoms with Gasteiger partial charge in [-0.05, 0) is 42.9 Å². The van der Waals surface area contributed by atoms with Crippen molar-refractivity contribution < 1.29 is 9.32 Å². The maximum atomic E-state index is 12.4. The van der Waals surface area contributed by atoms with Crippen molar-refractivity contribution in [2.75, 3.05) is 5.32 Å². The van der Waals surface area contributed by atoms with E-state index in [2.05, 4.69) is 24.3 Å². The summed E-state index contributed by atoms with van der Waals surface area (Å²) in [4.78, 5) is 12.4. The standard InChI is InChI=1S/C17H20N2O2/c1-3-12-5-7-13(8-6-12)18-17(20)16-14-10-11(2)4-9-15(14)21-19-16/h5-8,11H,3-4,9-10H2,1-2H3,(H,18,20)/t11-/m1/s1. The highest BCUT2D eigenvalue weighted by Crippen LogP contribution is 2.28. The van der Waals surface area contributed by atoms with Crippen LogP contribution in [0, 0.1) is 5.92 Å². The first-order chi connectivity index (χ1) is 10.2. The maximum absolute atomic E-state index is 12.4. The minimum atomic E-state index is -0.182. The average molecular weight is 284 g/mol. The number of benzene rings is 1. The van der Waals surface area contributed by atoms with Gasteiger partial charge in [-0.15, -0.1) is 0 Å². The topological polar surface area (TPSA) is 55.1 Å². The second-order valence-electron chi connectivity index (χ2n) is 5.79. The largest absolute Gasteiger partial charge is 0.360 e. The smallest absolute Gasteiger partial charge is 0.278 e. The third-order valence-electron chi connectivity index (χ3n) is 4.12. The van der Waals surface area contributed by atoms with Crippen LogP contribution in [0.15, 0.2) is 28.8 Å². The van der Waals surface area contributed by atoms with E-state index in [9.17, 15) is 4.79 Å². The van der Waals surface area contributed by atoms with E-state index >= 15 is 0 Å². The monoisotopic (exact) mass is 284 g/mol. The first-order valence-corrected chi connectivity index (χ1v) is 7.55.